The second-order valence-corrected chi connectivity index (χ2v) is 5.10. The smallest absolute Gasteiger partial charge is 0.301 e. The number of carbonyl (C=O) groups excluding carboxylic acids is 1. The molecule has 1 aromatic rings. The molecule has 1 rings (SSSR count). The van der Waals surface area contributed by atoms with Crippen LogP contribution in [0.1, 0.15) is 51.5 Å². The van der Waals surface area contributed by atoms with Crippen molar-refractivity contribution in [3.8, 4) is 0 Å². The molecule has 0 spiro atoms. The van der Waals surface area contributed by atoms with Gasteiger partial charge in [-0.05, 0) is 20.3 Å². The fourth-order valence-electron chi connectivity index (χ4n) is 1.52. The van der Waals surface area contributed by atoms with Crippen LogP contribution in [0.15, 0.2) is 4.42 Å². The fraction of sp³-hybridized carbons (Fsp3) is 0.692. The van der Waals surface area contributed by atoms with Gasteiger partial charge < -0.3 is 4.42 Å². The molecule has 17 heavy (non-hydrogen) atoms. The van der Waals surface area contributed by atoms with Crippen molar-refractivity contribution in [2.45, 2.75) is 53.9 Å². The average molecular weight is 238 g/mol. The van der Waals surface area contributed by atoms with E-state index in [1.165, 1.54) is 0 Å². The van der Waals surface area contributed by atoms with Gasteiger partial charge in [0.05, 0.1) is 5.69 Å². The Morgan fingerprint density at radius 1 is 1.41 bits per heavy atom. The lowest BCUT2D eigenvalue weighted by molar-refractivity contribution is -0.124. The molecule has 1 amide bonds. The summed E-state index contributed by atoms with van der Waals surface area (Å²) < 4.78 is 5.34. The highest BCUT2D eigenvalue weighted by Gasteiger charge is 2.28. The molecule has 1 N–H and O–H groups in total. The summed E-state index contributed by atoms with van der Waals surface area (Å²) in [6.07, 6.45) is 3.01. The number of aromatic nitrogens is 1. The number of nitrogens with one attached hydrogen (secondary N) is 1. The highest BCUT2D eigenvalue weighted by atomic mass is 16.4. The SMILES string of the molecule is CCCCC(C)(C)C(=O)Nc1nc(C)c(C)o1. The molecule has 4 heteroatoms. The molecule has 4 nitrogen and oxygen atoms in total. The Hall–Kier alpha value is -1.32. The van der Waals surface area contributed by atoms with E-state index in [-0.39, 0.29) is 11.3 Å². The van der Waals surface area contributed by atoms with Crippen LogP contribution in [0.25, 0.3) is 0 Å². The van der Waals surface area contributed by atoms with Gasteiger partial charge in [0, 0.05) is 5.41 Å². The van der Waals surface area contributed by atoms with E-state index >= 15 is 0 Å². The molecule has 0 unspecified atom stereocenters. The molecule has 96 valence electrons. The predicted molar refractivity (Wildman–Crippen MR) is 67.9 cm³/mol. The lowest BCUT2D eigenvalue weighted by Crippen LogP contribution is -2.30. The summed E-state index contributed by atoms with van der Waals surface area (Å²) in [5, 5.41) is 2.74. The molecule has 0 bridgehead atoms. The number of rotatable bonds is 5. The number of nitrogens with zero attached hydrogens (tertiary/aromatic N) is 1. The van der Waals surface area contributed by atoms with Gasteiger partial charge in [-0.15, -0.1) is 0 Å². The van der Waals surface area contributed by atoms with Crippen molar-refractivity contribution < 1.29 is 9.21 Å². The van der Waals surface area contributed by atoms with Crippen LogP contribution in [0.2, 0.25) is 0 Å². The summed E-state index contributed by atoms with van der Waals surface area (Å²) >= 11 is 0. The van der Waals surface area contributed by atoms with Crippen molar-refractivity contribution in [3.05, 3.63) is 11.5 Å². The molecule has 0 radical (unpaired) electrons. The number of hydrogen-bond acceptors (Lipinski definition) is 3. The Bertz CT molecular complexity index is 375. The van der Waals surface area contributed by atoms with E-state index in [0.29, 0.717) is 6.01 Å². The number of carbonyl (C=O) groups is 1. The minimum atomic E-state index is -0.383. The monoisotopic (exact) mass is 238 g/mol. The summed E-state index contributed by atoms with van der Waals surface area (Å²) in [6, 6.07) is 0.301. The second kappa shape index (κ2) is 5.34. The molecule has 0 fully saturated rings. The van der Waals surface area contributed by atoms with Gasteiger partial charge in [0.25, 0.3) is 0 Å². The molecule has 0 aliphatic carbocycles. The third-order valence-corrected chi connectivity index (χ3v) is 3.02. The molecule has 0 saturated carbocycles. The number of aryl methyl sites for hydroxylation is 2. The lowest BCUT2D eigenvalue weighted by atomic mass is 9.86. The van der Waals surface area contributed by atoms with Crippen LogP contribution >= 0.6 is 0 Å². The first-order valence-corrected chi connectivity index (χ1v) is 6.12. The first-order chi connectivity index (χ1) is 7.86. The van der Waals surface area contributed by atoms with E-state index in [1.54, 1.807) is 0 Å². The summed E-state index contributed by atoms with van der Waals surface area (Å²) in [4.78, 5) is 16.2. The zero-order chi connectivity index (χ0) is 13.1. The maximum atomic E-state index is 12.0. The number of hydrogen-bond donors (Lipinski definition) is 1. The zero-order valence-electron chi connectivity index (χ0n) is 11.4. The van der Waals surface area contributed by atoms with Gasteiger partial charge in [-0.3, -0.25) is 10.1 Å². The van der Waals surface area contributed by atoms with Crippen LogP contribution in [-0.4, -0.2) is 10.9 Å². The van der Waals surface area contributed by atoms with Gasteiger partial charge in [-0.25, -0.2) is 0 Å². The van der Waals surface area contributed by atoms with Crippen molar-refractivity contribution in [2.24, 2.45) is 5.41 Å². The molecule has 0 aliphatic rings. The largest absolute Gasteiger partial charge is 0.428 e. The first kappa shape index (κ1) is 13.7. The molecule has 0 atom stereocenters. The van der Waals surface area contributed by atoms with E-state index in [9.17, 15) is 4.79 Å². The first-order valence-electron chi connectivity index (χ1n) is 6.12. The number of unbranched alkanes of at least 4 members (excludes halogenated alkanes) is 1. The van der Waals surface area contributed by atoms with E-state index in [4.69, 9.17) is 4.42 Å². The van der Waals surface area contributed by atoms with E-state index in [2.05, 4.69) is 17.2 Å². The van der Waals surface area contributed by atoms with E-state index < -0.39 is 0 Å². The Kier molecular flexibility index (Phi) is 4.32. The standard InChI is InChI=1S/C13H22N2O2/c1-6-7-8-13(4,5)11(16)15-12-14-9(2)10(3)17-12/h6-8H2,1-5H3,(H,14,15,16). The molecule has 1 aromatic heterocycles. The van der Waals surface area contributed by atoms with E-state index in [0.717, 1.165) is 30.7 Å². The van der Waals surface area contributed by atoms with Gasteiger partial charge in [0.2, 0.25) is 5.91 Å². The van der Waals surface area contributed by atoms with Gasteiger partial charge in [-0.2, -0.15) is 4.98 Å². The quantitative estimate of drug-likeness (QED) is 0.854. The third kappa shape index (κ3) is 3.58. The van der Waals surface area contributed by atoms with Crippen LogP contribution in [-0.2, 0) is 4.79 Å². The molecule has 0 aromatic carbocycles. The number of amides is 1. The van der Waals surface area contributed by atoms with Gasteiger partial charge in [0.1, 0.15) is 5.76 Å². The Morgan fingerprint density at radius 3 is 2.53 bits per heavy atom. The molecule has 1 heterocycles. The molecule has 0 saturated heterocycles. The third-order valence-electron chi connectivity index (χ3n) is 3.02. The van der Waals surface area contributed by atoms with Gasteiger partial charge in [-0.1, -0.05) is 33.6 Å². The van der Waals surface area contributed by atoms with Crippen molar-refractivity contribution >= 4 is 11.9 Å². The summed E-state index contributed by atoms with van der Waals surface area (Å²) in [7, 11) is 0. The van der Waals surface area contributed by atoms with Gasteiger partial charge in [0.15, 0.2) is 0 Å². The topological polar surface area (TPSA) is 55.1 Å². The van der Waals surface area contributed by atoms with Crippen molar-refractivity contribution in [3.63, 3.8) is 0 Å². The molecule has 0 aliphatic heterocycles. The highest BCUT2D eigenvalue weighted by molar-refractivity contribution is 5.93. The summed E-state index contributed by atoms with van der Waals surface area (Å²) in [5.41, 5.74) is 0.429. The van der Waals surface area contributed by atoms with Crippen LogP contribution in [0.4, 0.5) is 6.01 Å². The Balaban J connectivity index is 2.65. The Morgan fingerprint density at radius 2 is 2.06 bits per heavy atom. The van der Waals surface area contributed by atoms with Crippen LogP contribution in [0.3, 0.4) is 0 Å². The number of oxazole rings is 1. The second-order valence-electron chi connectivity index (χ2n) is 5.10. The van der Waals surface area contributed by atoms with Crippen molar-refractivity contribution in [2.75, 3.05) is 5.32 Å². The maximum Gasteiger partial charge on any atom is 0.301 e. The number of anilines is 1. The average Bonchev–Trinajstić information content (AvgIpc) is 2.55. The van der Waals surface area contributed by atoms with Crippen LogP contribution in [0.5, 0.6) is 0 Å². The summed E-state index contributed by atoms with van der Waals surface area (Å²) in [6.45, 7) is 9.70. The summed E-state index contributed by atoms with van der Waals surface area (Å²) in [5.74, 6) is 0.707. The van der Waals surface area contributed by atoms with Crippen molar-refractivity contribution in [1.82, 2.24) is 4.98 Å². The fourth-order valence-corrected chi connectivity index (χ4v) is 1.52. The normalized spacial score (nSPS) is 11.6. The minimum absolute atomic E-state index is 0.0350. The predicted octanol–water partition coefficient (Wildman–Crippen LogP) is 3.45. The highest BCUT2D eigenvalue weighted by Crippen LogP contribution is 2.25. The van der Waals surface area contributed by atoms with Crippen molar-refractivity contribution in [1.29, 1.82) is 0 Å². The molecular weight excluding hydrogens is 216 g/mol. The van der Waals surface area contributed by atoms with Crippen LogP contribution < -0.4 is 5.32 Å². The minimum Gasteiger partial charge on any atom is -0.428 e. The maximum absolute atomic E-state index is 12.0. The van der Waals surface area contributed by atoms with Crippen LogP contribution in [0, 0.1) is 19.3 Å². The Labute approximate surface area is 103 Å². The molecular formula is C13H22N2O2. The van der Waals surface area contributed by atoms with Gasteiger partial charge >= 0.3 is 6.01 Å². The van der Waals surface area contributed by atoms with E-state index in [1.807, 2.05) is 27.7 Å². The lowest BCUT2D eigenvalue weighted by Gasteiger charge is -2.22. The zero-order valence-corrected chi connectivity index (χ0v) is 11.4.